The van der Waals surface area contributed by atoms with Crippen molar-refractivity contribution < 1.29 is 0 Å². The Morgan fingerprint density at radius 2 is 2.60 bits per heavy atom. The van der Waals surface area contributed by atoms with Gasteiger partial charge in [-0.15, -0.1) is 0 Å². The van der Waals surface area contributed by atoms with Crippen molar-refractivity contribution in [1.29, 1.82) is 5.26 Å². The predicted octanol–water partition coefficient (Wildman–Crippen LogP) is -1.18. The lowest BCUT2D eigenvalue weighted by atomic mass is 9.82. The number of hydrogen-bond acceptors (Lipinski definition) is 2. The molecule has 26 valence electrons. The van der Waals surface area contributed by atoms with Crippen LogP contribution >= 0.6 is 0 Å². The first-order chi connectivity index (χ1) is 2.41. The lowest BCUT2D eigenvalue weighted by Crippen LogP contribution is -2.05. The lowest BCUT2D eigenvalue weighted by Gasteiger charge is -1.63. The van der Waals surface area contributed by atoms with E-state index in [1.54, 1.807) is 0 Å². The van der Waals surface area contributed by atoms with Crippen LogP contribution in [0.1, 0.15) is 0 Å². The molecule has 2 N–H and O–H groups in total. The molecule has 0 atom stereocenters. The molecule has 0 amide bonds. The molecular formula is C2H5BN2. The van der Waals surface area contributed by atoms with E-state index >= 15 is 0 Å². The lowest BCUT2D eigenvalue weighted by molar-refractivity contribution is 1.37. The molecule has 0 rings (SSSR count). The van der Waals surface area contributed by atoms with Gasteiger partial charge < -0.3 is 5.73 Å². The van der Waals surface area contributed by atoms with Gasteiger partial charge in [0.1, 0.15) is 0 Å². The van der Waals surface area contributed by atoms with E-state index in [1.165, 1.54) is 0 Å². The monoisotopic (exact) mass is 68.1 g/mol. The summed E-state index contributed by atoms with van der Waals surface area (Å²) in [5.74, 6) is 1.89. The summed E-state index contributed by atoms with van der Waals surface area (Å²) in [6.07, 6.45) is 0.483. The number of nitrogens with zero attached hydrogens (tertiary/aromatic N) is 1. The maximum absolute atomic E-state index is 7.74. The maximum Gasteiger partial charge on any atom is 0.264 e. The fourth-order valence-corrected chi connectivity index (χ4v) is 0.0645. The molecule has 0 aliphatic carbocycles. The molecule has 0 heterocycles. The van der Waals surface area contributed by atoms with E-state index in [9.17, 15) is 0 Å². The highest BCUT2D eigenvalue weighted by molar-refractivity contribution is 6.45. The Morgan fingerprint density at radius 1 is 2.00 bits per heavy atom. The van der Waals surface area contributed by atoms with Crippen LogP contribution in [-0.4, -0.2) is 13.7 Å². The molecule has 0 fully saturated rings. The molecule has 3 heteroatoms. The molecule has 0 radical (unpaired) electrons. The van der Waals surface area contributed by atoms with Gasteiger partial charge in [-0.1, -0.05) is 0 Å². The van der Waals surface area contributed by atoms with Gasteiger partial charge in [0.05, 0.1) is 0 Å². The SMILES string of the molecule is N#CBCN. The molecule has 0 aliphatic rings. The highest BCUT2D eigenvalue weighted by Crippen LogP contribution is 1.37. The summed E-state index contributed by atoms with van der Waals surface area (Å²) < 4.78 is 0. The zero-order chi connectivity index (χ0) is 4.12. The maximum atomic E-state index is 7.74. The Labute approximate surface area is 31.8 Å². The highest BCUT2D eigenvalue weighted by Gasteiger charge is 1.72. The third-order valence-electron chi connectivity index (χ3n) is 0.256. The van der Waals surface area contributed by atoms with Crippen molar-refractivity contribution in [2.75, 3.05) is 6.44 Å². The molecule has 0 saturated carbocycles. The third-order valence-corrected chi connectivity index (χ3v) is 0.256. The smallest absolute Gasteiger partial charge is 0.264 e. The summed E-state index contributed by atoms with van der Waals surface area (Å²) in [6, 6.07) is 0. The zero-order valence-electron chi connectivity index (χ0n) is 2.94. The minimum absolute atomic E-state index is 0.472. The topological polar surface area (TPSA) is 49.8 Å². The van der Waals surface area contributed by atoms with Gasteiger partial charge in [0.15, 0.2) is 0 Å². The molecule has 0 spiro atoms. The van der Waals surface area contributed by atoms with Crippen molar-refractivity contribution in [1.82, 2.24) is 0 Å². The second-order valence-corrected chi connectivity index (χ2v) is 0.697. The molecule has 5 heavy (non-hydrogen) atoms. The van der Waals surface area contributed by atoms with Crippen LogP contribution < -0.4 is 5.73 Å². The molecule has 0 aliphatic heterocycles. The fraction of sp³-hybridized carbons (Fsp3) is 0.500. The van der Waals surface area contributed by atoms with Gasteiger partial charge in [-0.25, -0.2) is 5.26 Å². The Bertz CT molecular complexity index is 46.1. The van der Waals surface area contributed by atoms with Crippen LogP contribution in [0.3, 0.4) is 0 Å². The van der Waals surface area contributed by atoms with Gasteiger partial charge >= 0.3 is 0 Å². The largest absolute Gasteiger partial charge is 0.337 e. The molecule has 0 unspecified atom stereocenters. The standard InChI is InChI=1S/C2H5BN2/c4-1-3-2-5/h3H,1,4H2. The second-order valence-electron chi connectivity index (χ2n) is 0.697. The molecule has 0 aromatic heterocycles. The van der Waals surface area contributed by atoms with Gasteiger partial charge in [-0.2, -0.15) is 0 Å². The minimum Gasteiger partial charge on any atom is -0.337 e. The van der Waals surface area contributed by atoms with Crippen LogP contribution in [0.15, 0.2) is 0 Å². The van der Waals surface area contributed by atoms with E-state index in [-0.39, 0.29) is 0 Å². The summed E-state index contributed by atoms with van der Waals surface area (Å²) in [6.45, 7) is 0. The summed E-state index contributed by atoms with van der Waals surface area (Å²) in [7, 11) is 0.472. The Balaban J connectivity index is 2.48. The number of hydrogen-bond donors (Lipinski definition) is 1. The number of nitriles is 1. The number of rotatable bonds is 1. The van der Waals surface area contributed by atoms with Gasteiger partial charge in [-0.3, -0.25) is 0 Å². The van der Waals surface area contributed by atoms with Crippen LogP contribution in [0.5, 0.6) is 0 Å². The van der Waals surface area contributed by atoms with Crippen molar-refractivity contribution in [3.05, 3.63) is 0 Å². The quantitative estimate of drug-likeness (QED) is 0.393. The van der Waals surface area contributed by atoms with Crippen LogP contribution in [0.25, 0.3) is 0 Å². The van der Waals surface area contributed by atoms with E-state index in [2.05, 4.69) is 0 Å². The number of nitrogens with two attached hydrogens (primary N) is 1. The third kappa shape index (κ3) is 3.51. The van der Waals surface area contributed by atoms with E-state index in [1.807, 2.05) is 5.97 Å². The van der Waals surface area contributed by atoms with Crippen LogP contribution in [0.4, 0.5) is 0 Å². The van der Waals surface area contributed by atoms with Gasteiger partial charge in [-0.05, 0) is 12.4 Å². The zero-order valence-corrected chi connectivity index (χ0v) is 2.94. The molecule has 0 bridgehead atoms. The first-order valence-electron chi connectivity index (χ1n) is 1.49. The van der Waals surface area contributed by atoms with Gasteiger partial charge in [0.2, 0.25) is 0 Å². The molecule has 2 nitrogen and oxygen atoms in total. The van der Waals surface area contributed by atoms with Crippen molar-refractivity contribution in [2.45, 2.75) is 0 Å². The summed E-state index contributed by atoms with van der Waals surface area (Å²) >= 11 is 0. The first kappa shape index (κ1) is 4.51. The average molecular weight is 67.9 g/mol. The minimum atomic E-state index is 0.472. The van der Waals surface area contributed by atoms with Crippen molar-refractivity contribution in [3.8, 4) is 5.97 Å². The Morgan fingerprint density at radius 3 is 2.60 bits per heavy atom. The molecular weight excluding hydrogens is 62.8 g/mol. The molecule has 0 saturated heterocycles. The predicted molar refractivity (Wildman–Crippen MR) is 21.8 cm³/mol. The summed E-state index contributed by atoms with van der Waals surface area (Å²) in [4.78, 5) is 0. The Kier molecular flexibility index (Phi) is 3.17. The highest BCUT2D eigenvalue weighted by atomic mass is 14.5. The van der Waals surface area contributed by atoms with E-state index in [0.717, 1.165) is 0 Å². The average Bonchev–Trinajstić information content (AvgIpc) is 1.41. The summed E-state index contributed by atoms with van der Waals surface area (Å²) in [5, 5.41) is 7.74. The summed E-state index contributed by atoms with van der Waals surface area (Å²) in [5.41, 5.74) is 4.92. The van der Waals surface area contributed by atoms with Crippen molar-refractivity contribution >= 4 is 7.28 Å². The van der Waals surface area contributed by atoms with Crippen LogP contribution in [-0.2, 0) is 0 Å². The van der Waals surface area contributed by atoms with Gasteiger partial charge in [0.25, 0.3) is 7.28 Å². The van der Waals surface area contributed by atoms with E-state index < -0.39 is 0 Å². The van der Waals surface area contributed by atoms with E-state index in [4.69, 9.17) is 11.0 Å². The van der Waals surface area contributed by atoms with Crippen LogP contribution in [0, 0.1) is 11.2 Å². The fourth-order valence-electron chi connectivity index (χ4n) is 0.0645. The van der Waals surface area contributed by atoms with Crippen molar-refractivity contribution in [3.63, 3.8) is 0 Å². The normalized spacial score (nSPS) is 5.60. The van der Waals surface area contributed by atoms with E-state index in [0.29, 0.717) is 13.7 Å². The van der Waals surface area contributed by atoms with Crippen molar-refractivity contribution in [2.24, 2.45) is 5.73 Å². The first-order valence-corrected chi connectivity index (χ1v) is 1.49. The van der Waals surface area contributed by atoms with Crippen LogP contribution in [0.2, 0.25) is 0 Å². The molecule has 0 aromatic carbocycles. The van der Waals surface area contributed by atoms with Gasteiger partial charge in [0, 0.05) is 0 Å². The Hall–Kier alpha value is -0.485. The second kappa shape index (κ2) is 3.51. The molecule has 0 aromatic rings.